The molecule has 0 unspecified atom stereocenters. The Morgan fingerprint density at radius 3 is 2.52 bits per heavy atom. The summed E-state index contributed by atoms with van der Waals surface area (Å²) in [5.74, 6) is 0.841. The van der Waals surface area contributed by atoms with Crippen molar-refractivity contribution in [3.05, 3.63) is 53.1 Å². The number of nitrogens with zero attached hydrogens (tertiary/aromatic N) is 2. The van der Waals surface area contributed by atoms with Crippen LogP contribution in [0.1, 0.15) is 16.7 Å². The first-order valence-corrected chi connectivity index (χ1v) is 9.18. The molecule has 1 N–H and O–H groups in total. The highest BCUT2D eigenvalue weighted by Gasteiger charge is 2.21. The van der Waals surface area contributed by atoms with Crippen molar-refractivity contribution in [3.63, 3.8) is 0 Å². The predicted octanol–water partition coefficient (Wildman–Crippen LogP) is 3.72. The Labute approximate surface area is 160 Å². The van der Waals surface area contributed by atoms with E-state index in [0.29, 0.717) is 19.7 Å². The van der Waals surface area contributed by atoms with Crippen molar-refractivity contribution < 1.29 is 14.4 Å². The Hall–Kier alpha value is -2.73. The normalized spacial score (nSPS) is 13.6. The lowest BCUT2D eigenvalue weighted by Crippen LogP contribution is -2.32. The third-order valence-corrected chi connectivity index (χ3v) is 4.79. The van der Waals surface area contributed by atoms with Crippen molar-refractivity contribution in [2.45, 2.75) is 20.8 Å². The van der Waals surface area contributed by atoms with Crippen molar-refractivity contribution in [2.24, 2.45) is 0 Å². The highest BCUT2D eigenvalue weighted by atomic mass is 16.7. The van der Waals surface area contributed by atoms with Crippen LogP contribution in [0.4, 0.5) is 16.2 Å². The van der Waals surface area contributed by atoms with Gasteiger partial charge >= 0.3 is 6.03 Å². The number of anilines is 2. The summed E-state index contributed by atoms with van der Waals surface area (Å²) in [7, 11) is 1.66. The van der Waals surface area contributed by atoms with E-state index in [1.807, 2.05) is 49.2 Å². The SMILES string of the molecule is CON(c1ccccc1)c1c(C)cc(C)c(OCCN2CCNC2=O)c1C. The molecule has 1 saturated heterocycles. The van der Waals surface area contributed by atoms with Gasteiger partial charge in [0.1, 0.15) is 12.4 Å². The number of hydrogen-bond acceptors (Lipinski definition) is 4. The maximum absolute atomic E-state index is 11.7. The smallest absolute Gasteiger partial charge is 0.317 e. The zero-order valence-electron chi connectivity index (χ0n) is 16.4. The number of para-hydroxylation sites is 1. The van der Waals surface area contributed by atoms with Crippen LogP contribution < -0.4 is 15.1 Å². The number of ether oxygens (including phenoxy) is 1. The molecule has 0 spiro atoms. The van der Waals surface area contributed by atoms with Gasteiger partial charge in [0.2, 0.25) is 0 Å². The molecule has 1 heterocycles. The highest BCUT2D eigenvalue weighted by Crippen LogP contribution is 2.38. The molecule has 6 nitrogen and oxygen atoms in total. The quantitative estimate of drug-likeness (QED) is 0.756. The van der Waals surface area contributed by atoms with E-state index >= 15 is 0 Å². The molecule has 0 bridgehead atoms. The zero-order valence-corrected chi connectivity index (χ0v) is 16.4. The third-order valence-electron chi connectivity index (χ3n) is 4.79. The molecule has 0 aromatic heterocycles. The van der Waals surface area contributed by atoms with Gasteiger partial charge in [0, 0.05) is 18.7 Å². The third kappa shape index (κ3) is 4.01. The van der Waals surface area contributed by atoms with Gasteiger partial charge in [-0.1, -0.05) is 24.3 Å². The molecule has 144 valence electrons. The molecular weight excluding hydrogens is 342 g/mol. The van der Waals surface area contributed by atoms with Crippen molar-refractivity contribution in [2.75, 3.05) is 38.4 Å². The average Bonchev–Trinajstić information content (AvgIpc) is 3.07. The number of carbonyl (C=O) groups is 1. The second kappa shape index (κ2) is 8.31. The maximum Gasteiger partial charge on any atom is 0.317 e. The van der Waals surface area contributed by atoms with Gasteiger partial charge in [-0.15, -0.1) is 0 Å². The Bertz CT molecular complexity index is 808. The van der Waals surface area contributed by atoms with Crippen molar-refractivity contribution >= 4 is 17.4 Å². The summed E-state index contributed by atoms with van der Waals surface area (Å²) in [6.45, 7) is 8.61. The van der Waals surface area contributed by atoms with E-state index in [1.165, 1.54) is 0 Å². The number of nitrogens with one attached hydrogen (secondary N) is 1. The van der Waals surface area contributed by atoms with Crippen LogP contribution >= 0.6 is 0 Å². The highest BCUT2D eigenvalue weighted by molar-refractivity contribution is 5.76. The van der Waals surface area contributed by atoms with Gasteiger partial charge in [0.15, 0.2) is 0 Å². The lowest BCUT2D eigenvalue weighted by Gasteiger charge is -2.27. The molecule has 0 atom stereocenters. The van der Waals surface area contributed by atoms with Crippen LogP contribution in [0.3, 0.4) is 0 Å². The van der Waals surface area contributed by atoms with Gasteiger partial charge in [-0.2, -0.15) is 0 Å². The summed E-state index contributed by atoms with van der Waals surface area (Å²) in [5.41, 5.74) is 5.13. The van der Waals surface area contributed by atoms with Crippen LogP contribution in [-0.2, 0) is 4.84 Å². The Balaban J connectivity index is 1.85. The lowest BCUT2D eigenvalue weighted by molar-refractivity contribution is 0.198. The average molecular weight is 369 g/mol. The summed E-state index contributed by atoms with van der Waals surface area (Å²) in [6.07, 6.45) is 0. The molecule has 0 saturated carbocycles. The van der Waals surface area contributed by atoms with Crippen LogP contribution in [0, 0.1) is 20.8 Å². The minimum absolute atomic E-state index is 0.0220. The van der Waals surface area contributed by atoms with Gasteiger partial charge in [-0.25, -0.2) is 9.86 Å². The fraction of sp³-hybridized carbons (Fsp3) is 0.381. The molecule has 1 aliphatic rings. The van der Waals surface area contributed by atoms with E-state index < -0.39 is 0 Å². The molecular formula is C21H27N3O3. The van der Waals surface area contributed by atoms with E-state index in [1.54, 1.807) is 12.0 Å². The van der Waals surface area contributed by atoms with Gasteiger partial charge in [-0.05, 0) is 44.0 Å². The molecule has 2 aromatic carbocycles. The van der Waals surface area contributed by atoms with E-state index in [-0.39, 0.29) is 6.03 Å². The number of benzene rings is 2. The first-order valence-electron chi connectivity index (χ1n) is 9.18. The van der Waals surface area contributed by atoms with E-state index in [0.717, 1.165) is 40.4 Å². The standard InChI is InChI=1S/C21H27N3O3/c1-15-14-16(2)20(27-13-12-23-11-10-22-21(23)25)17(3)19(15)24(26-4)18-8-6-5-7-9-18/h5-9,14H,10-13H2,1-4H3,(H,22,25). The Morgan fingerprint density at radius 2 is 1.89 bits per heavy atom. The second-order valence-electron chi connectivity index (χ2n) is 6.69. The minimum atomic E-state index is -0.0220. The number of urea groups is 1. The molecule has 2 aromatic rings. The number of rotatable bonds is 7. The number of hydrogen-bond donors (Lipinski definition) is 1. The van der Waals surface area contributed by atoms with Crippen LogP contribution in [0.25, 0.3) is 0 Å². The van der Waals surface area contributed by atoms with Gasteiger partial charge in [0.25, 0.3) is 0 Å². The Morgan fingerprint density at radius 1 is 1.15 bits per heavy atom. The van der Waals surface area contributed by atoms with Crippen molar-refractivity contribution in [3.8, 4) is 5.75 Å². The predicted molar refractivity (Wildman–Crippen MR) is 107 cm³/mol. The summed E-state index contributed by atoms with van der Waals surface area (Å²) in [4.78, 5) is 19.1. The second-order valence-corrected chi connectivity index (χ2v) is 6.69. The van der Waals surface area contributed by atoms with E-state index in [9.17, 15) is 4.79 Å². The first kappa shape index (κ1) is 19.0. The summed E-state index contributed by atoms with van der Waals surface area (Å²) in [5, 5.41) is 4.63. The number of amides is 2. The molecule has 6 heteroatoms. The van der Waals surface area contributed by atoms with Crippen LogP contribution in [0.2, 0.25) is 0 Å². The van der Waals surface area contributed by atoms with Crippen LogP contribution in [-0.4, -0.2) is 44.3 Å². The van der Waals surface area contributed by atoms with Crippen molar-refractivity contribution in [1.82, 2.24) is 10.2 Å². The zero-order chi connectivity index (χ0) is 19.4. The Kier molecular flexibility index (Phi) is 5.86. The molecule has 1 aliphatic heterocycles. The first-order chi connectivity index (χ1) is 13.0. The summed E-state index contributed by atoms with van der Waals surface area (Å²) in [6, 6.07) is 12.1. The van der Waals surface area contributed by atoms with Crippen LogP contribution in [0.15, 0.2) is 36.4 Å². The molecule has 2 amide bonds. The minimum Gasteiger partial charge on any atom is -0.491 e. The molecule has 0 aliphatic carbocycles. The van der Waals surface area contributed by atoms with Gasteiger partial charge in [0.05, 0.1) is 25.0 Å². The lowest BCUT2D eigenvalue weighted by atomic mass is 10.0. The van der Waals surface area contributed by atoms with Gasteiger partial charge < -0.3 is 15.0 Å². The summed E-state index contributed by atoms with van der Waals surface area (Å²) < 4.78 is 6.10. The molecule has 3 rings (SSSR count). The van der Waals surface area contributed by atoms with E-state index in [2.05, 4.69) is 18.3 Å². The summed E-state index contributed by atoms with van der Waals surface area (Å²) >= 11 is 0. The van der Waals surface area contributed by atoms with Crippen LogP contribution in [0.5, 0.6) is 5.75 Å². The van der Waals surface area contributed by atoms with E-state index in [4.69, 9.17) is 9.57 Å². The topological polar surface area (TPSA) is 54.0 Å². The fourth-order valence-corrected chi connectivity index (χ4v) is 3.56. The molecule has 27 heavy (non-hydrogen) atoms. The molecule has 1 fully saturated rings. The largest absolute Gasteiger partial charge is 0.491 e. The monoisotopic (exact) mass is 369 g/mol. The molecule has 0 radical (unpaired) electrons. The van der Waals surface area contributed by atoms with Crippen molar-refractivity contribution in [1.29, 1.82) is 0 Å². The number of carbonyl (C=O) groups excluding carboxylic acids is 1. The number of aryl methyl sites for hydroxylation is 2. The van der Waals surface area contributed by atoms with Gasteiger partial charge in [-0.3, -0.25) is 4.84 Å². The maximum atomic E-state index is 11.7. The fourth-order valence-electron chi connectivity index (χ4n) is 3.56.